The van der Waals surface area contributed by atoms with Crippen molar-refractivity contribution in [1.82, 2.24) is 15.1 Å². The molecule has 2 heterocycles. The summed E-state index contributed by atoms with van der Waals surface area (Å²) in [6.45, 7) is 1.56. The van der Waals surface area contributed by atoms with Crippen LogP contribution in [0.15, 0.2) is 30.6 Å². The van der Waals surface area contributed by atoms with Gasteiger partial charge in [0.2, 0.25) is 0 Å². The van der Waals surface area contributed by atoms with E-state index in [-0.39, 0.29) is 5.91 Å². The Kier molecular flexibility index (Phi) is 3.28. The molecule has 0 spiro atoms. The van der Waals surface area contributed by atoms with Crippen LogP contribution >= 0.6 is 0 Å². The fraction of sp³-hybridized carbons (Fsp3) is 0.286. The molecule has 0 unspecified atom stereocenters. The van der Waals surface area contributed by atoms with Crippen LogP contribution in [-0.2, 0) is 13.6 Å². The van der Waals surface area contributed by atoms with Gasteiger partial charge in [0.1, 0.15) is 13.2 Å². The molecule has 20 heavy (non-hydrogen) atoms. The van der Waals surface area contributed by atoms with Gasteiger partial charge in [-0.15, -0.1) is 0 Å². The number of ether oxygens (including phenoxy) is 2. The largest absolute Gasteiger partial charge is 0.486 e. The highest BCUT2D eigenvalue weighted by Gasteiger charge is 2.12. The summed E-state index contributed by atoms with van der Waals surface area (Å²) >= 11 is 0. The Morgan fingerprint density at radius 3 is 2.90 bits per heavy atom. The average Bonchev–Trinajstić information content (AvgIpc) is 2.91. The van der Waals surface area contributed by atoms with E-state index in [2.05, 4.69) is 10.4 Å². The van der Waals surface area contributed by atoms with E-state index < -0.39 is 0 Å². The highest BCUT2D eigenvalue weighted by atomic mass is 16.6. The van der Waals surface area contributed by atoms with Crippen molar-refractivity contribution in [1.29, 1.82) is 0 Å². The maximum Gasteiger partial charge on any atom is 0.254 e. The number of carbonyl (C=O) groups is 1. The number of benzene rings is 1. The van der Waals surface area contributed by atoms with E-state index in [0.29, 0.717) is 25.3 Å². The number of hydrogen-bond acceptors (Lipinski definition) is 4. The quantitative estimate of drug-likeness (QED) is 0.910. The van der Waals surface area contributed by atoms with Crippen molar-refractivity contribution in [3.63, 3.8) is 0 Å². The van der Waals surface area contributed by atoms with Crippen LogP contribution < -0.4 is 14.8 Å². The molecule has 1 aliphatic heterocycles. The number of nitrogens with one attached hydrogen (secondary N) is 1. The highest BCUT2D eigenvalue weighted by molar-refractivity contribution is 5.93. The number of rotatable bonds is 3. The van der Waals surface area contributed by atoms with Crippen LogP contribution in [0.25, 0.3) is 0 Å². The van der Waals surface area contributed by atoms with Gasteiger partial charge in [-0.05, 0) is 17.7 Å². The van der Waals surface area contributed by atoms with Gasteiger partial charge in [-0.2, -0.15) is 5.10 Å². The molecule has 3 rings (SSSR count). The second-order valence-corrected chi connectivity index (χ2v) is 4.56. The van der Waals surface area contributed by atoms with Crippen LogP contribution in [0.5, 0.6) is 11.5 Å². The molecule has 1 aliphatic rings. The summed E-state index contributed by atoms with van der Waals surface area (Å²) in [4.78, 5) is 11.9. The van der Waals surface area contributed by atoms with E-state index in [1.807, 2.05) is 18.2 Å². The summed E-state index contributed by atoms with van der Waals surface area (Å²) in [5.74, 6) is 1.33. The molecule has 104 valence electrons. The normalized spacial score (nSPS) is 13.1. The van der Waals surface area contributed by atoms with Gasteiger partial charge in [-0.1, -0.05) is 6.07 Å². The fourth-order valence-corrected chi connectivity index (χ4v) is 2.02. The number of carbonyl (C=O) groups excluding carboxylic acids is 1. The number of fused-ring (bicyclic) bond motifs is 1. The molecule has 0 atom stereocenters. The second kappa shape index (κ2) is 5.24. The van der Waals surface area contributed by atoms with E-state index in [9.17, 15) is 4.79 Å². The molecule has 1 N–H and O–H groups in total. The summed E-state index contributed by atoms with van der Waals surface area (Å²) in [7, 11) is 1.78. The molecule has 0 saturated carbocycles. The first kappa shape index (κ1) is 12.5. The average molecular weight is 273 g/mol. The molecule has 6 heteroatoms. The van der Waals surface area contributed by atoms with Gasteiger partial charge in [0.15, 0.2) is 11.5 Å². The number of aromatic nitrogens is 2. The Bertz CT molecular complexity index is 636. The van der Waals surface area contributed by atoms with Gasteiger partial charge in [-0.25, -0.2) is 0 Å². The zero-order valence-corrected chi connectivity index (χ0v) is 11.1. The number of aryl methyl sites for hydroxylation is 1. The lowest BCUT2D eigenvalue weighted by Gasteiger charge is -2.18. The van der Waals surface area contributed by atoms with Gasteiger partial charge < -0.3 is 14.8 Å². The molecule has 0 saturated heterocycles. The number of nitrogens with zero attached hydrogens (tertiary/aromatic N) is 2. The third kappa shape index (κ3) is 2.59. The second-order valence-electron chi connectivity index (χ2n) is 4.56. The van der Waals surface area contributed by atoms with E-state index in [0.717, 1.165) is 17.1 Å². The standard InChI is InChI=1S/C14H15N3O3/c1-17-9-11(8-16-17)14(18)15-7-10-2-3-12-13(6-10)20-5-4-19-12/h2-3,6,8-9H,4-5,7H2,1H3,(H,15,18). The van der Waals surface area contributed by atoms with Crippen molar-refractivity contribution in [2.75, 3.05) is 13.2 Å². The third-order valence-electron chi connectivity index (χ3n) is 3.03. The molecule has 1 amide bonds. The molecule has 1 aromatic carbocycles. The van der Waals surface area contributed by atoms with Crippen LogP contribution in [-0.4, -0.2) is 28.9 Å². The van der Waals surface area contributed by atoms with E-state index in [4.69, 9.17) is 9.47 Å². The molecule has 1 aromatic heterocycles. The summed E-state index contributed by atoms with van der Waals surface area (Å²) in [6, 6.07) is 5.66. The van der Waals surface area contributed by atoms with E-state index in [1.54, 1.807) is 24.1 Å². The Morgan fingerprint density at radius 2 is 2.15 bits per heavy atom. The van der Waals surface area contributed by atoms with Crippen molar-refractivity contribution in [2.24, 2.45) is 7.05 Å². The summed E-state index contributed by atoms with van der Waals surface area (Å²) < 4.78 is 12.6. The summed E-state index contributed by atoms with van der Waals surface area (Å²) in [6.07, 6.45) is 3.22. The monoisotopic (exact) mass is 273 g/mol. The predicted octanol–water partition coefficient (Wildman–Crippen LogP) is 1.12. The lowest BCUT2D eigenvalue weighted by molar-refractivity contribution is 0.0950. The molecular formula is C14H15N3O3. The van der Waals surface area contributed by atoms with E-state index >= 15 is 0 Å². The minimum Gasteiger partial charge on any atom is -0.486 e. The van der Waals surface area contributed by atoms with Gasteiger partial charge in [0.05, 0.1) is 11.8 Å². The molecule has 6 nitrogen and oxygen atoms in total. The Labute approximate surface area is 116 Å². The predicted molar refractivity (Wildman–Crippen MR) is 71.8 cm³/mol. The van der Waals surface area contributed by atoms with Crippen molar-refractivity contribution in [3.8, 4) is 11.5 Å². The molecule has 0 aliphatic carbocycles. The Balaban J connectivity index is 1.65. The molecule has 0 radical (unpaired) electrons. The minimum absolute atomic E-state index is 0.145. The zero-order valence-electron chi connectivity index (χ0n) is 11.1. The Hall–Kier alpha value is -2.50. The van der Waals surface area contributed by atoms with Crippen molar-refractivity contribution in [2.45, 2.75) is 6.54 Å². The summed E-state index contributed by atoms with van der Waals surface area (Å²) in [5.41, 5.74) is 1.51. The van der Waals surface area contributed by atoms with Gasteiger partial charge in [-0.3, -0.25) is 9.48 Å². The molecule has 0 bridgehead atoms. The van der Waals surface area contributed by atoms with Crippen LogP contribution in [0.1, 0.15) is 15.9 Å². The Morgan fingerprint density at radius 1 is 1.35 bits per heavy atom. The smallest absolute Gasteiger partial charge is 0.254 e. The molecule has 2 aromatic rings. The van der Waals surface area contributed by atoms with Crippen LogP contribution in [0.3, 0.4) is 0 Å². The molecule has 0 fully saturated rings. The maximum atomic E-state index is 11.9. The van der Waals surface area contributed by atoms with Gasteiger partial charge >= 0.3 is 0 Å². The molecular weight excluding hydrogens is 258 g/mol. The number of hydrogen-bond donors (Lipinski definition) is 1. The minimum atomic E-state index is -0.145. The third-order valence-corrected chi connectivity index (χ3v) is 3.03. The van der Waals surface area contributed by atoms with Gasteiger partial charge in [0.25, 0.3) is 5.91 Å². The summed E-state index contributed by atoms with van der Waals surface area (Å²) in [5, 5.41) is 6.82. The van der Waals surface area contributed by atoms with E-state index in [1.165, 1.54) is 0 Å². The highest BCUT2D eigenvalue weighted by Crippen LogP contribution is 2.30. The SMILES string of the molecule is Cn1cc(C(=O)NCc2ccc3c(c2)OCCO3)cn1. The topological polar surface area (TPSA) is 65.4 Å². The van der Waals surface area contributed by atoms with Crippen molar-refractivity contribution < 1.29 is 14.3 Å². The van der Waals surface area contributed by atoms with Crippen LogP contribution in [0.4, 0.5) is 0 Å². The van der Waals surface area contributed by atoms with Crippen molar-refractivity contribution >= 4 is 5.91 Å². The van der Waals surface area contributed by atoms with Crippen LogP contribution in [0.2, 0.25) is 0 Å². The lowest BCUT2D eigenvalue weighted by Crippen LogP contribution is -2.22. The first-order chi connectivity index (χ1) is 9.72. The van der Waals surface area contributed by atoms with Crippen molar-refractivity contribution in [3.05, 3.63) is 41.7 Å². The van der Waals surface area contributed by atoms with Crippen LogP contribution in [0, 0.1) is 0 Å². The first-order valence-electron chi connectivity index (χ1n) is 6.38. The zero-order chi connectivity index (χ0) is 13.9. The number of amides is 1. The lowest BCUT2D eigenvalue weighted by atomic mass is 10.2. The fourth-order valence-electron chi connectivity index (χ4n) is 2.02. The van der Waals surface area contributed by atoms with Gasteiger partial charge in [0, 0.05) is 19.8 Å². The first-order valence-corrected chi connectivity index (χ1v) is 6.38. The maximum absolute atomic E-state index is 11.9.